The summed E-state index contributed by atoms with van der Waals surface area (Å²) < 4.78 is 5.09. The summed E-state index contributed by atoms with van der Waals surface area (Å²) in [6.45, 7) is 3.59. The predicted molar refractivity (Wildman–Crippen MR) is 75.1 cm³/mol. The molecule has 3 unspecified atom stereocenters. The van der Waals surface area contributed by atoms with E-state index >= 15 is 0 Å². The average Bonchev–Trinajstić information content (AvgIpc) is 2.41. The van der Waals surface area contributed by atoms with Gasteiger partial charge in [-0.2, -0.15) is 0 Å². The number of carboxylic acid groups (broad SMARTS) is 2. The molecular formula is C14H24O8. The Morgan fingerprint density at radius 2 is 1.68 bits per heavy atom. The molecule has 0 aliphatic rings. The van der Waals surface area contributed by atoms with Gasteiger partial charge in [-0.05, 0) is 18.8 Å². The number of carbonyl (C=O) groups is 3. The number of aliphatic hydroxyl groups is 2. The van der Waals surface area contributed by atoms with E-state index in [1.54, 1.807) is 6.92 Å². The highest BCUT2D eigenvalue weighted by molar-refractivity contribution is 5.88. The van der Waals surface area contributed by atoms with E-state index in [0.29, 0.717) is 19.3 Å². The molecule has 0 saturated carbocycles. The fourth-order valence-electron chi connectivity index (χ4n) is 1.97. The number of aliphatic hydroxyl groups excluding tert-OH is 1. The highest BCUT2D eigenvalue weighted by Crippen LogP contribution is 2.20. The minimum atomic E-state index is -2.69. The van der Waals surface area contributed by atoms with Crippen molar-refractivity contribution in [1.82, 2.24) is 0 Å². The molecule has 8 heteroatoms. The van der Waals surface area contributed by atoms with Crippen LogP contribution >= 0.6 is 0 Å². The van der Waals surface area contributed by atoms with Crippen molar-refractivity contribution in [1.29, 1.82) is 0 Å². The quantitative estimate of drug-likeness (QED) is 0.401. The topological polar surface area (TPSA) is 141 Å². The summed E-state index contributed by atoms with van der Waals surface area (Å²) in [5.74, 6) is -4.35. The number of carboxylic acids is 2. The fraction of sp³-hybridized carbons (Fsp3) is 0.786. The fourth-order valence-corrected chi connectivity index (χ4v) is 1.97. The molecule has 4 N–H and O–H groups in total. The SMILES string of the molecule is CCC(CO)CC(CC)OC(=O)CC(O)(CC(=O)O)C(=O)O. The van der Waals surface area contributed by atoms with Crippen molar-refractivity contribution in [2.24, 2.45) is 5.92 Å². The highest BCUT2D eigenvalue weighted by Gasteiger charge is 2.41. The standard InChI is InChI=1S/C14H24O8/c1-3-9(8-15)5-10(4-2)22-12(18)7-14(21,13(19)20)6-11(16)17/h9-10,15,21H,3-8H2,1-2H3,(H,16,17)(H,19,20). The summed E-state index contributed by atoms with van der Waals surface area (Å²) in [5, 5.41) is 36.4. The van der Waals surface area contributed by atoms with Gasteiger partial charge in [-0.1, -0.05) is 20.3 Å². The van der Waals surface area contributed by atoms with Crippen LogP contribution in [0.5, 0.6) is 0 Å². The third kappa shape index (κ3) is 6.86. The van der Waals surface area contributed by atoms with E-state index < -0.39 is 42.5 Å². The summed E-state index contributed by atoms with van der Waals surface area (Å²) in [7, 11) is 0. The zero-order chi connectivity index (χ0) is 17.3. The maximum absolute atomic E-state index is 11.8. The van der Waals surface area contributed by atoms with Gasteiger partial charge in [0.2, 0.25) is 0 Å². The van der Waals surface area contributed by atoms with E-state index in [1.165, 1.54) is 0 Å². The van der Waals surface area contributed by atoms with Crippen molar-refractivity contribution in [2.75, 3.05) is 6.61 Å². The summed E-state index contributed by atoms with van der Waals surface area (Å²) >= 11 is 0. The number of carbonyl (C=O) groups excluding carboxylic acids is 1. The van der Waals surface area contributed by atoms with Crippen LogP contribution in [0.25, 0.3) is 0 Å². The molecule has 0 aromatic heterocycles. The van der Waals surface area contributed by atoms with Crippen LogP contribution in [0.15, 0.2) is 0 Å². The largest absolute Gasteiger partial charge is 0.481 e. The monoisotopic (exact) mass is 320 g/mol. The van der Waals surface area contributed by atoms with Gasteiger partial charge in [0.05, 0.1) is 12.8 Å². The number of hydrogen-bond donors (Lipinski definition) is 4. The first kappa shape index (κ1) is 20.3. The minimum Gasteiger partial charge on any atom is -0.481 e. The predicted octanol–water partition coefficient (Wildman–Crippen LogP) is 0.397. The zero-order valence-corrected chi connectivity index (χ0v) is 12.8. The Morgan fingerprint density at radius 3 is 2.05 bits per heavy atom. The molecule has 0 aromatic carbocycles. The minimum absolute atomic E-state index is 0.0462. The van der Waals surface area contributed by atoms with Crippen molar-refractivity contribution >= 4 is 17.9 Å². The van der Waals surface area contributed by atoms with E-state index in [-0.39, 0.29) is 12.5 Å². The summed E-state index contributed by atoms with van der Waals surface area (Å²) in [6, 6.07) is 0. The van der Waals surface area contributed by atoms with Crippen molar-refractivity contribution in [3.05, 3.63) is 0 Å². The second-order valence-corrected chi connectivity index (χ2v) is 5.30. The second-order valence-electron chi connectivity index (χ2n) is 5.30. The van der Waals surface area contributed by atoms with Crippen molar-refractivity contribution in [3.63, 3.8) is 0 Å². The lowest BCUT2D eigenvalue weighted by Crippen LogP contribution is -2.43. The Morgan fingerprint density at radius 1 is 1.09 bits per heavy atom. The molecule has 0 rings (SSSR count). The number of esters is 1. The number of hydrogen-bond acceptors (Lipinski definition) is 6. The van der Waals surface area contributed by atoms with Gasteiger partial charge in [-0.25, -0.2) is 4.79 Å². The highest BCUT2D eigenvalue weighted by atomic mass is 16.5. The molecule has 3 atom stereocenters. The molecule has 0 saturated heterocycles. The van der Waals surface area contributed by atoms with Crippen LogP contribution in [-0.2, 0) is 19.1 Å². The molecule has 0 bridgehead atoms. The van der Waals surface area contributed by atoms with Crippen LogP contribution in [0.1, 0.15) is 46.0 Å². The lowest BCUT2D eigenvalue weighted by Gasteiger charge is -2.24. The zero-order valence-electron chi connectivity index (χ0n) is 12.8. The van der Waals surface area contributed by atoms with Gasteiger partial charge >= 0.3 is 17.9 Å². The van der Waals surface area contributed by atoms with Crippen molar-refractivity contribution in [2.45, 2.75) is 57.7 Å². The van der Waals surface area contributed by atoms with Crippen molar-refractivity contribution < 1.29 is 39.5 Å². The molecule has 128 valence electrons. The normalized spacial score (nSPS) is 16.4. The van der Waals surface area contributed by atoms with Crippen LogP contribution in [0, 0.1) is 5.92 Å². The van der Waals surface area contributed by atoms with Gasteiger partial charge in [0, 0.05) is 6.61 Å². The van der Waals surface area contributed by atoms with Crippen LogP contribution in [0.3, 0.4) is 0 Å². The Labute approximate surface area is 128 Å². The van der Waals surface area contributed by atoms with Crippen LogP contribution < -0.4 is 0 Å². The molecule has 22 heavy (non-hydrogen) atoms. The van der Waals surface area contributed by atoms with Crippen molar-refractivity contribution in [3.8, 4) is 0 Å². The Kier molecular flexibility index (Phi) is 8.66. The van der Waals surface area contributed by atoms with Gasteiger partial charge < -0.3 is 25.2 Å². The van der Waals surface area contributed by atoms with Crippen LogP contribution in [0.4, 0.5) is 0 Å². The first-order valence-electron chi connectivity index (χ1n) is 7.16. The van der Waals surface area contributed by atoms with E-state index in [9.17, 15) is 19.5 Å². The number of ether oxygens (including phenoxy) is 1. The van der Waals surface area contributed by atoms with E-state index in [0.717, 1.165) is 0 Å². The van der Waals surface area contributed by atoms with Crippen LogP contribution in [0.2, 0.25) is 0 Å². The molecular weight excluding hydrogens is 296 g/mol. The maximum Gasteiger partial charge on any atom is 0.336 e. The molecule has 0 spiro atoms. The summed E-state index contributed by atoms with van der Waals surface area (Å²) in [5.41, 5.74) is -2.69. The van der Waals surface area contributed by atoms with Gasteiger partial charge in [0.15, 0.2) is 5.60 Å². The molecule has 0 radical (unpaired) electrons. The summed E-state index contributed by atoms with van der Waals surface area (Å²) in [6.07, 6.45) is -0.981. The number of aliphatic carboxylic acids is 2. The van der Waals surface area contributed by atoms with Gasteiger partial charge in [0.1, 0.15) is 6.10 Å². The van der Waals surface area contributed by atoms with Crippen LogP contribution in [-0.4, -0.2) is 56.6 Å². The van der Waals surface area contributed by atoms with Gasteiger partial charge in [-0.3, -0.25) is 9.59 Å². The third-order valence-corrected chi connectivity index (χ3v) is 3.46. The smallest absolute Gasteiger partial charge is 0.336 e. The lowest BCUT2D eigenvalue weighted by molar-refractivity contribution is -0.174. The van der Waals surface area contributed by atoms with Gasteiger partial charge in [0.25, 0.3) is 0 Å². The average molecular weight is 320 g/mol. The van der Waals surface area contributed by atoms with E-state index in [2.05, 4.69) is 0 Å². The molecule has 0 aliphatic carbocycles. The molecule has 0 amide bonds. The first-order valence-corrected chi connectivity index (χ1v) is 7.16. The second kappa shape index (κ2) is 9.37. The Bertz CT molecular complexity index is 390. The molecule has 0 aromatic rings. The van der Waals surface area contributed by atoms with E-state index in [4.69, 9.17) is 20.1 Å². The summed E-state index contributed by atoms with van der Waals surface area (Å²) in [4.78, 5) is 33.3. The first-order chi connectivity index (χ1) is 10.2. The van der Waals surface area contributed by atoms with Gasteiger partial charge in [-0.15, -0.1) is 0 Å². The maximum atomic E-state index is 11.8. The third-order valence-electron chi connectivity index (χ3n) is 3.46. The lowest BCUT2D eigenvalue weighted by atomic mass is 9.95. The van der Waals surface area contributed by atoms with E-state index in [1.807, 2.05) is 6.92 Å². The molecule has 0 heterocycles. The molecule has 0 fully saturated rings. The molecule has 0 aliphatic heterocycles. The number of rotatable bonds is 11. The Hall–Kier alpha value is -1.67. The Balaban J connectivity index is 4.73. The molecule has 8 nitrogen and oxygen atoms in total.